The molecule has 0 rings (SSSR count). The van der Waals surface area contributed by atoms with Crippen LogP contribution >= 0.6 is 15.6 Å². The Hall–Kier alpha value is -4.57. The van der Waals surface area contributed by atoms with Crippen LogP contribution in [0.2, 0.25) is 0 Å². The lowest BCUT2D eigenvalue weighted by molar-refractivity contribution is -0.161. The summed E-state index contributed by atoms with van der Waals surface area (Å²) >= 11 is 0. The SMILES string of the molecule is CC/C=C\C/C=C\C/C=C\C/C=C\C/C=C\C/C=C\CCC(=O)OCC(O)COP(=O)(O)OCC(O)COP(=O)(O)OCC(COC(=O)CC/C=C\C/C=C\C/C=C\C/C=C\C/C=C\C/C=C\CC)OC(=O)CCCCCCCCCCCCCCC. The summed E-state index contributed by atoms with van der Waals surface area (Å²) in [6, 6.07) is 0. The second kappa shape index (κ2) is 61.7. The number of ether oxygens (including phenoxy) is 3. The largest absolute Gasteiger partial charge is 0.472 e. The first kappa shape index (κ1) is 82.4. The van der Waals surface area contributed by atoms with Crippen molar-refractivity contribution in [2.75, 3.05) is 39.6 Å². The number of aliphatic hydroxyl groups excluding tert-OH is 2. The van der Waals surface area contributed by atoms with Crippen molar-refractivity contribution in [2.45, 2.75) is 232 Å². The van der Waals surface area contributed by atoms with Crippen molar-refractivity contribution >= 4 is 33.6 Å². The van der Waals surface area contributed by atoms with Crippen LogP contribution in [0.25, 0.3) is 0 Å². The van der Waals surface area contributed by atoms with Crippen molar-refractivity contribution in [3.63, 3.8) is 0 Å². The summed E-state index contributed by atoms with van der Waals surface area (Å²) in [6.07, 6.45) is 72.2. The normalized spacial score (nSPS) is 15.3. The summed E-state index contributed by atoms with van der Waals surface area (Å²) in [5.41, 5.74) is 0. The van der Waals surface area contributed by atoms with Crippen LogP contribution in [0.5, 0.6) is 0 Å². The number of unbranched alkanes of at least 4 members (excludes halogenated alkanes) is 12. The fourth-order valence-electron chi connectivity index (χ4n) is 7.74. The molecular formula is C69H112O16P2. The lowest BCUT2D eigenvalue weighted by Gasteiger charge is -2.21. The Labute approximate surface area is 524 Å². The third-order valence-corrected chi connectivity index (χ3v) is 14.5. The quantitative estimate of drug-likeness (QED) is 0.0146. The first-order valence-corrected chi connectivity index (χ1v) is 35.1. The van der Waals surface area contributed by atoms with Gasteiger partial charge in [-0.3, -0.25) is 32.5 Å². The van der Waals surface area contributed by atoms with Crippen LogP contribution in [-0.4, -0.2) is 95.9 Å². The predicted molar refractivity (Wildman–Crippen MR) is 352 cm³/mol. The zero-order valence-electron chi connectivity index (χ0n) is 53.1. The molecule has 0 amide bonds. The van der Waals surface area contributed by atoms with Crippen LogP contribution in [0.1, 0.15) is 213 Å². The number of esters is 3. The van der Waals surface area contributed by atoms with Gasteiger partial charge in [-0.15, -0.1) is 0 Å². The van der Waals surface area contributed by atoms with Gasteiger partial charge in [-0.2, -0.15) is 0 Å². The van der Waals surface area contributed by atoms with Crippen molar-refractivity contribution in [1.29, 1.82) is 0 Å². The first-order valence-electron chi connectivity index (χ1n) is 32.1. The van der Waals surface area contributed by atoms with Crippen molar-refractivity contribution in [1.82, 2.24) is 0 Å². The monoisotopic (exact) mass is 1260 g/mol. The predicted octanol–water partition coefficient (Wildman–Crippen LogP) is 17.4. The lowest BCUT2D eigenvalue weighted by atomic mass is 10.0. The lowest BCUT2D eigenvalue weighted by Crippen LogP contribution is -2.30. The fourth-order valence-corrected chi connectivity index (χ4v) is 9.32. The molecule has 87 heavy (non-hydrogen) atoms. The third kappa shape index (κ3) is 62.8. The van der Waals surface area contributed by atoms with E-state index in [1.807, 2.05) is 36.5 Å². The van der Waals surface area contributed by atoms with Crippen LogP contribution in [-0.2, 0) is 55.8 Å². The molecule has 0 bridgehead atoms. The maximum atomic E-state index is 12.9. The van der Waals surface area contributed by atoms with Gasteiger partial charge in [0.15, 0.2) is 6.10 Å². The fraction of sp³-hybridized carbons (Fsp3) is 0.609. The average molecular weight is 1260 g/mol. The molecule has 0 aliphatic rings. The standard InChI is InChI=1S/C69H112O16P2/c1-4-7-10-13-16-19-22-25-27-29-31-33-35-38-40-43-46-49-52-55-67(72)79-58-64(70)59-81-86(75,76)82-60-65(71)61-83-87(77,78)84-63-66(85-69(74)57-54-51-48-45-42-37-24-21-18-15-12-9-6-3)62-80-68(73)56-53-50-47-44-41-39-36-34-32-30-28-26-23-20-17-14-11-8-5-2/h7-8,10-11,16-17,19-20,25-28,31-34,38-41,46-47,49-50,64-66,70-71H,4-6,9,12-15,18,21-24,29-30,35-37,42-45,48,51-63H2,1-3H3,(H,75,76)(H,77,78)/b10-7-,11-8-,19-16-,20-17-,27-25-,28-26-,33-31-,34-32-,40-38-,41-39-,49-46-,50-47-. The number of rotatable bonds is 59. The number of carbonyl (C=O) groups excluding carboxylic acids is 3. The minimum absolute atomic E-state index is 0.0405. The zero-order chi connectivity index (χ0) is 63.8. The highest BCUT2D eigenvalue weighted by molar-refractivity contribution is 7.47. The number of aliphatic hydroxyl groups is 2. The van der Waals surface area contributed by atoms with Gasteiger partial charge in [-0.05, 0) is 96.3 Å². The Morgan fingerprint density at radius 3 is 0.943 bits per heavy atom. The van der Waals surface area contributed by atoms with E-state index < -0.39 is 91.5 Å². The maximum Gasteiger partial charge on any atom is 0.472 e. The van der Waals surface area contributed by atoms with E-state index in [4.69, 9.17) is 32.3 Å². The van der Waals surface area contributed by atoms with E-state index in [2.05, 4.69) is 130 Å². The van der Waals surface area contributed by atoms with Gasteiger partial charge in [0.1, 0.15) is 25.4 Å². The highest BCUT2D eigenvalue weighted by Crippen LogP contribution is 2.45. The molecule has 0 heterocycles. The van der Waals surface area contributed by atoms with Crippen LogP contribution in [0.4, 0.5) is 0 Å². The zero-order valence-corrected chi connectivity index (χ0v) is 54.9. The van der Waals surface area contributed by atoms with Crippen LogP contribution in [0.15, 0.2) is 146 Å². The van der Waals surface area contributed by atoms with Crippen molar-refractivity contribution in [3.8, 4) is 0 Å². The summed E-state index contributed by atoms with van der Waals surface area (Å²) < 4.78 is 60.6. The molecular weight excluding hydrogens is 1150 g/mol. The summed E-state index contributed by atoms with van der Waals surface area (Å²) in [6.45, 7) is 2.22. The van der Waals surface area contributed by atoms with E-state index >= 15 is 0 Å². The molecule has 0 aromatic heterocycles. The van der Waals surface area contributed by atoms with E-state index in [0.29, 0.717) is 32.1 Å². The molecule has 18 heteroatoms. The smallest absolute Gasteiger partial charge is 0.463 e. The molecule has 0 aliphatic heterocycles. The molecule has 16 nitrogen and oxygen atoms in total. The number of carbonyl (C=O) groups is 3. The Morgan fingerprint density at radius 2 is 0.609 bits per heavy atom. The van der Waals surface area contributed by atoms with E-state index in [-0.39, 0.29) is 19.3 Å². The van der Waals surface area contributed by atoms with Gasteiger partial charge in [0.25, 0.3) is 0 Å². The van der Waals surface area contributed by atoms with Crippen LogP contribution in [0, 0.1) is 0 Å². The Morgan fingerprint density at radius 1 is 0.333 bits per heavy atom. The Balaban J connectivity index is 4.81. The number of phosphoric acid groups is 2. The molecule has 4 N–H and O–H groups in total. The number of hydrogen-bond acceptors (Lipinski definition) is 14. The molecule has 5 atom stereocenters. The molecule has 0 spiro atoms. The highest BCUT2D eigenvalue weighted by Gasteiger charge is 2.29. The number of phosphoric ester groups is 2. The van der Waals surface area contributed by atoms with Crippen molar-refractivity contribution in [2.24, 2.45) is 0 Å². The molecule has 0 saturated heterocycles. The minimum atomic E-state index is -4.95. The number of hydrogen-bond donors (Lipinski definition) is 4. The van der Waals surface area contributed by atoms with Crippen molar-refractivity contribution in [3.05, 3.63) is 146 Å². The van der Waals surface area contributed by atoms with Crippen LogP contribution in [0.3, 0.4) is 0 Å². The maximum absolute atomic E-state index is 12.9. The van der Waals surface area contributed by atoms with Gasteiger partial charge in [-0.1, -0.05) is 244 Å². The van der Waals surface area contributed by atoms with Gasteiger partial charge < -0.3 is 34.2 Å². The minimum Gasteiger partial charge on any atom is -0.463 e. The molecule has 0 aromatic rings. The van der Waals surface area contributed by atoms with E-state index in [1.165, 1.54) is 51.4 Å². The molecule has 0 fully saturated rings. The van der Waals surface area contributed by atoms with Crippen molar-refractivity contribution < 1.29 is 75.8 Å². The Kier molecular flexibility index (Phi) is 58.4. The third-order valence-electron chi connectivity index (χ3n) is 12.6. The number of allylic oxidation sites excluding steroid dienone is 24. The molecule has 0 radical (unpaired) electrons. The van der Waals surface area contributed by atoms with E-state index in [1.54, 1.807) is 0 Å². The van der Waals surface area contributed by atoms with Gasteiger partial charge in [0.05, 0.1) is 26.4 Å². The topological polar surface area (TPSA) is 231 Å². The average Bonchev–Trinajstić information content (AvgIpc) is 3.63. The second-order valence-corrected chi connectivity index (χ2v) is 23.7. The molecule has 0 saturated carbocycles. The second-order valence-electron chi connectivity index (χ2n) is 20.8. The first-order chi connectivity index (χ1) is 42.2. The van der Waals surface area contributed by atoms with Gasteiger partial charge in [0.2, 0.25) is 0 Å². The molecule has 0 aliphatic carbocycles. The molecule has 494 valence electrons. The Bertz CT molecular complexity index is 2170. The van der Waals surface area contributed by atoms with E-state index in [0.717, 1.165) is 89.9 Å². The summed E-state index contributed by atoms with van der Waals surface area (Å²) in [7, 11) is -9.82. The molecule has 0 aromatic carbocycles. The van der Waals surface area contributed by atoms with Gasteiger partial charge in [-0.25, -0.2) is 9.13 Å². The summed E-state index contributed by atoms with van der Waals surface area (Å²) in [4.78, 5) is 58.2. The van der Waals surface area contributed by atoms with Gasteiger partial charge in [0, 0.05) is 19.3 Å². The summed E-state index contributed by atoms with van der Waals surface area (Å²) in [5, 5.41) is 20.5. The van der Waals surface area contributed by atoms with Crippen LogP contribution < -0.4 is 0 Å². The highest BCUT2D eigenvalue weighted by atomic mass is 31.2. The molecule has 5 unspecified atom stereocenters. The van der Waals surface area contributed by atoms with Gasteiger partial charge >= 0.3 is 33.6 Å². The summed E-state index contributed by atoms with van der Waals surface area (Å²) in [5.74, 6) is -1.77. The van der Waals surface area contributed by atoms with E-state index in [9.17, 15) is 43.5 Å².